The summed E-state index contributed by atoms with van der Waals surface area (Å²) in [5.41, 5.74) is 5.12. The van der Waals surface area contributed by atoms with Gasteiger partial charge in [-0.3, -0.25) is 4.79 Å². The molecule has 1 aliphatic rings. The summed E-state index contributed by atoms with van der Waals surface area (Å²) in [6.07, 6.45) is 6.56. The highest BCUT2D eigenvalue weighted by Gasteiger charge is 2.27. The number of nitrogens with one attached hydrogen (secondary N) is 1. The fourth-order valence-electron chi connectivity index (χ4n) is 4.42. The molecular formula is C25H30N4O2. The average Bonchev–Trinajstić information content (AvgIpc) is 3.20. The third-order valence-electron chi connectivity index (χ3n) is 6.27. The van der Waals surface area contributed by atoms with E-state index in [9.17, 15) is 4.79 Å². The summed E-state index contributed by atoms with van der Waals surface area (Å²) < 4.78 is 5.49. The van der Waals surface area contributed by atoms with E-state index < -0.39 is 0 Å². The predicted molar refractivity (Wildman–Crippen MR) is 120 cm³/mol. The minimum atomic E-state index is 0.103. The maximum atomic E-state index is 12.4. The summed E-state index contributed by atoms with van der Waals surface area (Å²) in [6, 6.07) is 10.0. The monoisotopic (exact) mass is 418 g/mol. The molecular weight excluding hydrogens is 388 g/mol. The molecule has 6 heteroatoms. The molecule has 162 valence electrons. The van der Waals surface area contributed by atoms with E-state index in [0.29, 0.717) is 18.3 Å². The van der Waals surface area contributed by atoms with Crippen molar-refractivity contribution >= 4 is 5.91 Å². The zero-order valence-electron chi connectivity index (χ0n) is 18.5. The van der Waals surface area contributed by atoms with Crippen LogP contribution in [0.2, 0.25) is 0 Å². The number of amides is 1. The van der Waals surface area contributed by atoms with Crippen LogP contribution in [0.4, 0.5) is 0 Å². The molecule has 1 aromatic carbocycles. The molecule has 1 saturated carbocycles. The van der Waals surface area contributed by atoms with Gasteiger partial charge in [0.15, 0.2) is 5.76 Å². The smallest absolute Gasteiger partial charge is 0.224 e. The Balaban J connectivity index is 1.33. The van der Waals surface area contributed by atoms with E-state index in [2.05, 4.69) is 15.5 Å². The molecule has 1 aliphatic carbocycles. The molecule has 3 aromatic rings. The van der Waals surface area contributed by atoms with E-state index in [-0.39, 0.29) is 5.91 Å². The SMILES string of the molecule is Cc1cc(-c2cnc(C)nc2C2CCC(CNC(=O)Cc3ccccc3C)CC2)on1. The summed E-state index contributed by atoms with van der Waals surface area (Å²) in [5, 5.41) is 7.16. The van der Waals surface area contributed by atoms with Crippen LogP contribution in [0.3, 0.4) is 0 Å². The van der Waals surface area contributed by atoms with Crippen molar-refractivity contribution in [2.45, 2.75) is 58.8 Å². The first-order valence-electron chi connectivity index (χ1n) is 11.1. The van der Waals surface area contributed by atoms with Gasteiger partial charge in [-0.2, -0.15) is 0 Å². The quantitative estimate of drug-likeness (QED) is 0.628. The number of hydrogen-bond donors (Lipinski definition) is 1. The van der Waals surface area contributed by atoms with E-state index in [0.717, 1.165) is 71.9 Å². The van der Waals surface area contributed by atoms with Gasteiger partial charge in [-0.15, -0.1) is 0 Å². The lowest BCUT2D eigenvalue weighted by Gasteiger charge is -2.29. The number of aromatic nitrogens is 3. The van der Waals surface area contributed by atoms with Crippen molar-refractivity contribution < 1.29 is 9.32 Å². The number of carbonyl (C=O) groups is 1. The summed E-state index contributed by atoms with van der Waals surface area (Å²) in [7, 11) is 0. The fraction of sp³-hybridized carbons (Fsp3) is 0.440. The molecule has 4 rings (SSSR count). The normalized spacial score (nSPS) is 18.7. The van der Waals surface area contributed by atoms with Gasteiger partial charge in [0, 0.05) is 24.7 Å². The lowest BCUT2D eigenvalue weighted by atomic mass is 9.79. The molecule has 1 amide bonds. The molecule has 0 atom stereocenters. The van der Waals surface area contributed by atoms with E-state index in [1.165, 1.54) is 0 Å². The van der Waals surface area contributed by atoms with Gasteiger partial charge in [0.1, 0.15) is 5.82 Å². The largest absolute Gasteiger partial charge is 0.356 e. The second-order valence-electron chi connectivity index (χ2n) is 8.67. The summed E-state index contributed by atoms with van der Waals surface area (Å²) in [4.78, 5) is 21.5. The highest BCUT2D eigenvalue weighted by atomic mass is 16.5. The minimum Gasteiger partial charge on any atom is -0.356 e. The molecule has 0 bridgehead atoms. The first kappa shape index (κ1) is 21.2. The van der Waals surface area contributed by atoms with Gasteiger partial charge in [-0.25, -0.2) is 9.97 Å². The number of hydrogen-bond acceptors (Lipinski definition) is 5. The maximum absolute atomic E-state index is 12.4. The van der Waals surface area contributed by atoms with Gasteiger partial charge < -0.3 is 9.84 Å². The Morgan fingerprint density at radius 1 is 1.13 bits per heavy atom. The van der Waals surface area contributed by atoms with Crippen molar-refractivity contribution in [1.29, 1.82) is 0 Å². The zero-order chi connectivity index (χ0) is 21.8. The molecule has 31 heavy (non-hydrogen) atoms. The van der Waals surface area contributed by atoms with E-state index in [1.54, 1.807) is 0 Å². The van der Waals surface area contributed by atoms with Crippen LogP contribution in [0.1, 0.15) is 59.9 Å². The predicted octanol–water partition coefficient (Wildman–Crippen LogP) is 4.69. The standard InChI is InChI=1S/C25H30N4O2/c1-16-6-4-5-7-21(16)13-24(30)27-14-19-8-10-20(11-9-19)25-22(15-26-18(3)28-25)23-12-17(2)29-31-23/h4-7,12,15,19-20H,8-11,13-14H2,1-3H3,(H,27,30). The van der Waals surface area contributed by atoms with Crippen molar-refractivity contribution in [3.8, 4) is 11.3 Å². The summed E-state index contributed by atoms with van der Waals surface area (Å²) >= 11 is 0. The van der Waals surface area contributed by atoms with Crippen LogP contribution >= 0.6 is 0 Å². The van der Waals surface area contributed by atoms with Crippen molar-refractivity contribution in [2.75, 3.05) is 6.54 Å². The Morgan fingerprint density at radius 3 is 2.61 bits per heavy atom. The first-order chi connectivity index (χ1) is 15.0. The van der Waals surface area contributed by atoms with Gasteiger partial charge >= 0.3 is 0 Å². The van der Waals surface area contributed by atoms with Gasteiger partial charge in [-0.05, 0) is 63.5 Å². The van der Waals surface area contributed by atoms with Crippen molar-refractivity contribution in [1.82, 2.24) is 20.4 Å². The van der Waals surface area contributed by atoms with Gasteiger partial charge in [0.2, 0.25) is 5.91 Å². The van der Waals surface area contributed by atoms with Crippen molar-refractivity contribution in [2.24, 2.45) is 5.92 Å². The molecule has 0 spiro atoms. The minimum absolute atomic E-state index is 0.103. The number of rotatable bonds is 6. The number of benzene rings is 1. The highest BCUT2D eigenvalue weighted by molar-refractivity contribution is 5.78. The molecule has 6 nitrogen and oxygen atoms in total. The molecule has 0 radical (unpaired) electrons. The van der Waals surface area contributed by atoms with Crippen LogP contribution in [0, 0.1) is 26.7 Å². The molecule has 1 fully saturated rings. The zero-order valence-corrected chi connectivity index (χ0v) is 18.5. The van der Waals surface area contributed by atoms with Crippen molar-refractivity contribution in [3.63, 3.8) is 0 Å². The van der Waals surface area contributed by atoms with Crippen LogP contribution in [0.15, 0.2) is 41.1 Å². The molecule has 2 aromatic heterocycles. The van der Waals surface area contributed by atoms with Crippen LogP contribution in [0.5, 0.6) is 0 Å². The lowest BCUT2D eigenvalue weighted by Crippen LogP contribution is -2.32. The Morgan fingerprint density at radius 2 is 1.90 bits per heavy atom. The Labute approximate surface area is 183 Å². The summed E-state index contributed by atoms with van der Waals surface area (Å²) in [5.74, 6) is 2.50. The van der Waals surface area contributed by atoms with Crippen LogP contribution < -0.4 is 5.32 Å². The third-order valence-corrected chi connectivity index (χ3v) is 6.27. The molecule has 1 N–H and O–H groups in total. The van der Waals surface area contributed by atoms with Gasteiger partial charge in [-0.1, -0.05) is 29.4 Å². The topological polar surface area (TPSA) is 80.9 Å². The van der Waals surface area contributed by atoms with E-state index >= 15 is 0 Å². The van der Waals surface area contributed by atoms with E-state index in [1.807, 2.05) is 57.3 Å². The van der Waals surface area contributed by atoms with Gasteiger partial charge in [0.25, 0.3) is 0 Å². The number of nitrogens with zero attached hydrogens (tertiary/aromatic N) is 3. The van der Waals surface area contributed by atoms with Crippen LogP contribution in [0.25, 0.3) is 11.3 Å². The number of aryl methyl sites for hydroxylation is 3. The molecule has 0 aliphatic heterocycles. The Hall–Kier alpha value is -3.02. The van der Waals surface area contributed by atoms with Crippen molar-refractivity contribution in [3.05, 3.63) is 64.9 Å². The average molecular weight is 419 g/mol. The van der Waals surface area contributed by atoms with Gasteiger partial charge in [0.05, 0.1) is 23.4 Å². The Bertz CT molecular complexity index is 1050. The first-order valence-corrected chi connectivity index (χ1v) is 11.1. The fourth-order valence-corrected chi connectivity index (χ4v) is 4.42. The molecule has 2 heterocycles. The van der Waals surface area contributed by atoms with Crippen LogP contribution in [-0.2, 0) is 11.2 Å². The Kier molecular flexibility index (Phi) is 6.44. The maximum Gasteiger partial charge on any atom is 0.224 e. The highest BCUT2D eigenvalue weighted by Crippen LogP contribution is 2.38. The second kappa shape index (κ2) is 9.41. The summed E-state index contributed by atoms with van der Waals surface area (Å²) in [6.45, 7) is 6.64. The van der Waals surface area contributed by atoms with E-state index in [4.69, 9.17) is 9.51 Å². The second-order valence-corrected chi connectivity index (χ2v) is 8.67. The molecule has 0 unspecified atom stereocenters. The third kappa shape index (κ3) is 5.19. The number of carbonyl (C=O) groups excluding carboxylic acids is 1. The lowest BCUT2D eigenvalue weighted by molar-refractivity contribution is -0.120. The van der Waals surface area contributed by atoms with Crippen LogP contribution in [-0.4, -0.2) is 27.6 Å². The molecule has 0 saturated heterocycles.